The van der Waals surface area contributed by atoms with E-state index in [-0.39, 0.29) is 23.3 Å². The van der Waals surface area contributed by atoms with Gasteiger partial charge in [-0.05, 0) is 25.1 Å². The maximum absolute atomic E-state index is 12.7. The van der Waals surface area contributed by atoms with Gasteiger partial charge < -0.3 is 19.7 Å². The van der Waals surface area contributed by atoms with E-state index in [2.05, 4.69) is 15.8 Å². The van der Waals surface area contributed by atoms with Crippen molar-refractivity contribution in [1.82, 2.24) is 15.0 Å². The highest BCUT2D eigenvalue weighted by atomic mass is 16.5. The molecule has 0 saturated heterocycles. The number of hydrogen-bond donors (Lipinski definition) is 2. The first-order valence-electron chi connectivity index (χ1n) is 8.96. The lowest BCUT2D eigenvalue weighted by Crippen LogP contribution is -2.37. The lowest BCUT2D eigenvalue weighted by molar-refractivity contribution is 0.0919. The lowest BCUT2D eigenvalue weighted by atomic mass is 9.93. The van der Waals surface area contributed by atoms with E-state index in [4.69, 9.17) is 4.52 Å². The van der Waals surface area contributed by atoms with Crippen LogP contribution in [0.4, 0.5) is 5.82 Å². The Morgan fingerprint density at radius 1 is 1.30 bits per heavy atom. The third-order valence-electron chi connectivity index (χ3n) is 4.83. The molecule has 140 valence electrons. The van der Waals surface area contributed by atoms with E-state index in [1.54, 1.807) is 12.1 Å². The molecule has 2 amide bonds. The summed E-state index contributed by atoms with van der Waals surface area (Å²) in [5.41, 5.74) is 1.81. The number of benzene rings is 1. The van der Waals surface area contributed by atoms with Crippen LogP contribution >= 0.6 is 0 Å². The van der Waals surface area contributed by atoms with Crippen LogP contribution in [0, 0.1) is 0 Å². The Kier molecular flexibility index (Phi) is 3.83. The monoisotopic (exact) mass is 366 g/mol. The SMILES string of the molecule is CC1CNC(=O)c2cc3ccc(C(=O)Nc4cc(C(C)(C)C)on4)cc3n21. The fraction of sp³-hybridized carbons (Fsp3) is 0.350. The van der Waals surface area contributed by atoms with Crippen molar-refractivity contribution in [2.75, 3.05) is 11.9 Å². The second-order valence-electron chi connectivity index (χ2n) is 8.01. The van der Waals surface area contributed by atoms with Crippen LogP contribution in [0.1, 0.15) is 60.3 Å². The van der Waals surface area contributed by atoms with E-state index in [0.717, 1.165) is 10.9 Å². The summed E-state index contributed by atoms with van der Waals surface area (Å²) in [6.07, 6.45) is 0. The van der Waals surface area contributed by atoms with Gasteiger partial charge in [0, 0.05) is 40.5 Å². The van der Waals surface area contributed by atoms with Gasteiger partial charge in [-0.2, -0.15) is 0 Å². The maximum Gasteiger partial charge on any atom is 0.268 e. The van der Waals surface area contributed by atoms with Gasteiger partial charge in [0.15, 0.2) is 5.82 Å². The molecule has 3 aromatic rings. The van der Waals surface area contributed by atoms with Gasteiger partial charge in [-0.25, -0.2) is 0 Å². The second kappa shape index (κ2) is 5.97. The average molecular weight is 366 g/mol. The van der Waals surface area contributed by atoms with Crippen LogP contribution in [0.15, 0.2) is 34.9 Å². The van der Waals surface area contributed by atoms with Crippen molar-refractivity contribution in [2.45, 2.75) is 39.2 Å². The summed E-state index contributed by atoms with van der Waals surface area (Å²) in [6, 6.07) is 9.14. The molecule has 2 aromatic heterocycles. The van der Waals surface area contributed by atoms with Gasteiger partial charge in [0.05, 0.1) is 0 Å². The van der Waals surface area contributed by atoms with E-state index in [9.17, 15) is 9.59 Å². The molecule has 0 aliphatic carbocycles. The van der Waals surface area contributed by atoms with Gasteiger partial charge in [-0.15, -0.1) is 0 Å². The third kappa shape index (κ3) is 2.99. The largest absolute Gasteiger partial charge is 0.359 e. The molecule has 1 aliphatic rings. The zero-order valence-electron chi connectivity index (χ0n) is 15.8. The number of aromatic nitrogens is 2. The standard InChI is InChI=1S/C20H22N4O3/c1-11-10-21-19(26)15-7-12-5-6-13(8-14(12)24(11)15)18(25)22-17-9-16(27-23-17)20(2,3)4/h5-9,11H,10H2,1-4H3,(H,21,26)(H,22,23,25). The molecule has 1 aliphatic heterocycles. The predicted octanol–water partition coefficient (Wildman–Crippen LogP) is 3.48. The van der Waals surface area contributed by atoms with Crippen LogP contribution in [0.25, 0.3) is 10.9 Å². The molecule has 1 atom stereocenters. The van der Waals surface area contributed by atoms with Crippen molar-refractivity contribution in [3.05, 3.63) is 47.3 Å². The van der Waals surface area contributed by atoms with Gasteiger partial charge in [0.25, 0.3) is 11.8 Å². The highest BCUT2D eigenvalue weighted by Gasteiger charge is 2.25. The van der Waals surface area contributed by atoms with E-state index in [0.29, 0.717) is 29.4 Å². The van der Waals surface area contributed by atoms with Crippen LogP contribution in [0.3, 0.4) is 0 Å². The van der Waals surface area contributed by atoms with Crippen LogP contribution < -0.4 is 10.6 Å². The number of nitrogens with one attached hydrogen (secondary N) is 2. The number of nitrogens with zero attached hydrogens (tertiary/aromatic N) is 2. The molecule has 0 saturated carbocycles. The number of carbonyl (C=O) groups is 2. The van der Waals surface area contributed by atoms with Crippen molar-refractivity contribution < 1.29 is 14.1 Å². The van der Waals surface area contributed by atoms with E-state index < -0.39 is 0 Å². The van der Waals surface area contributed by atoms with Gasteiger partial charge in [-0.3, -0.25) is 9.59 Å². The second-order valence-corrected chi connectivity index (χ2v) is 8.01. The number of fused-ring (bicyclic) bond motifs is 3. The van der Waals surface area contributed by atoms with Crippen LogP contribution in [-0.4, -0.2) is 28.1 Å². The molecular weight excluding hydrogens is 344 g/mol. The lowest BCUT2D eigenvalue weighted by Gasteiger charge is -2.24. The molecule has 0 radical (unpaired) electrons. The van der Waals surface area contributed by atoms with Crippen LogP contribution in [0.2, 0.25) is 0 Å². The molecule has 4 rings (SSSR count). The molecule has 1 aromatic carbocycles. The highest BCUT2D eigenvalue weighted by Crippen LogP contribution is 2.28. The predicted molar refractivity (Wildman–Crippen MR) is 102 cm³/mol. The maximum atomic E-state index is 12.7. The fourth-order valence-electron chi connectivity index (χ4n) is 3.31. The topological polar surface area (TPSA) is 89.2 Å². The summed E-state index contributed by atoms with van der Waals surface area (Å²) in [7, 11) is 0. The van der Waals surface area contributed by atoms with Crippen LogP contribution in [-0.2, 0) is 5.41 Å². The zero-order chi connectivity index (χ0) is 19.3. The molecule has 7 heteroatoms. The quantitative estimate of drug-likeness (QED) is 0.727. The normalized spacial score (nSPS) is 16.9. The molecular formula is C20H22N4O3. The molecule has 0 bridgehead atoms. The number of anilines is 1. The molecule has 27 heavy (non-hydrogen) atoms. The van der Waals surface area contributed by atoms with Gasteiger partial charge in [-0.1, -0.05) is 32.0 Å². The van der Waals surface area contributed by atoms with Gasteiger partial charge in [0.2, 0.25) is 0 Å². The van der Waals surface area contributed by atoms with Crippen molar-refractivity contribution >= 4 is 28.5 Å². The molecule has 3 heterocycles. The summed E-state index contributed by atoms with van der Waals surface area (Å²) >= 11 is 0. The van der Waals surface area contributed by atoms with Crippen LogP contribution in [0.5, 0.6) is 0 Å². The van der Waals surface area contributed by atoms with E-state index in [1.165, 1.54) is 0 Å². The highest BCUT2D eigenvalue weighted by molar-refractivity contribution is 6.07. The number of hydrogen-bond acceptors (Lipinski definition) is 4. The first-order chi connectivity index (χ1) is 12.7. The Morgan fingerprint density at radius 3 is 2.78 bits per heavy atom. The fourth-order valence-corrected chi connectivity index (χ4v) is 3.31. The van der Waals surface area contributed by atoms with Gasteiger partial charge >= 0.3 is 0 Å². The smallest absolute Gasteiger partial charge is 0.268 e. The van der Waals surface area contributed by atoms with Gasteiger partial charge in [0.1, 0.15) is 11.5 Å². The minimum atomic E-state index is -0.269. The number of carbonyl (C=O) groups excluding carboxylic acids is 2. The van der Waals surface area contributed by atoms with Crippen molar-refractivity contribution in [1.29, 1.82) is 0 Å². The van der Waals surface area contributed by atoms with Crippen molar-refractivity contribution in [3.8, 4) is 0 Å². The summed E-state index contributed by atoms with van der Waals surface area (Å²) < 4.78 is 7.30. The van der Waals surface area contributed by atoms with Crippen molar-refractivity contribution in [3.63, 3.8) is 0 Å². The van der Waals surface area contributed by atoms with E-state index >= 15 is 0 Å². The zero-order valence-corrected chi connectivity index (χ0v) is 15.8. The number of amides is 2. The Labute approximate surface area is 156 Å². The minimum absolute atomic E-state index is 0.0902. The summed E-state index contributed by atoms with van der Waals surface area (Å²) in [6.45, 7) is 8.65. The summed E-state index contributed by atoms with van der Waals surface area (Å²) in [5.74, 6) is 0.727. The first kappa shape index (κ1) is 17.3. The first-order valence-corrected chi connectivity index (χ1v) is 8.96. The van der Waals surface area contributed by atoms with Crippen molar-refractivity contribution in [2.24, 2.45) is 0 Å². The molecule has 0 fully saturated rings. The Bertz CT molecular complexity index is 1060. The number of rotatable bonds is 2. The van der Waals surface area contributed by atoms with E-state index in [1.807, 2.05) is 50.5 Å². The Hall–Kier alpha value is -3.09. The molecule has 1 unspecified atom stereocenters. The Morgan fingerprint density at radius 2 is 2.07 bits per heavy atom. The minimum Gasteiger partial charge on any atom is -0.359 e. The third-order valence-corrected chi connectivity index (χ3v) is 4.83. The summed E-state index contributed by atoms with van der Waals surface area (Å²) in [5, 5.41) is 10.5. The molecule has 0 spiro atoms. The Balaban J connectivity index is 1.66. The molecule has 2 N–H and O–H groups in total. The molecule has 7 nitrogen and oxygen atoms in total. The summed E-state index contributed by atoms with van der Waals surface area (Å²) in [4.78, 5) is 24.8. The average Bonchev–Trinajstić information content (AvgIpc) is 3.22.